The van der Waals surface area contributed by atoms with Crippen LogP contribution in [0.2, 0.25) is 0 Å². The molecule has 3 nitrogen and oxygen atoms in total. The fourth-order valence-electron chi connectivity index (χ4n) is 1.92. The van der Waals surface area contributed by atoms with Gasteiger partial charge in [-0.3, -0.25) is 0 Å². The molecular weight excluding hydrogens is 371 g/mol. The van der Waals surface area contributed by atoms with Crippen LogP contribution in [0.5, 0.6) is 0 Å². The van der Waals surface area contributed by atoms with Crippen molar-refractivity contribution in [3.8, 4) is 0 Å². The fraction of sp³-hybridized carbons (Fsp3) is 0.538. The van der Waals surface area contributed by atoms with Crippen molar-refractivity contribution in [2.45, 2.75) is 37.4 Å². The van der Waals surface area contributed by atoms with E-state index in [0.717, 1.165) is 16.4 Å². The zero-order valence-corrected chi connectivity index (χ0v) is 14.1. The Morgan fingerprint density at radius 2 is 1.81 bits per heavy atom. The largest absolute Gasteiger partial charge is 0.417 e. The Bertz CT molecular complexity index is 573. The van der Waals surface area contributed by atoms with Crippen LogP contribution in [0.15, 0.2) is 29.2 Å². The van der Waals surface area contributed by atoms with E-state index in [4.69, 9.17) is 0 Å². The molecule has 1 aromatic carbocycles. The van der Waals surface area contributed by atoms with Crippen molar-refractivity contribution in [2.24, 2.45) is 0 Å². The van der Waals surface area contributed by atoms with Gasteiger partial charge in [0.05, 0.1) is 10.5 Å². The van der Waals surface area contributed by atoms with Crippen LogP contribution in [0.1, 0.15) is 25.8 Å². The third-order valence-electron chi connectivity index (χ3n) is 2.87. The summed E-state index contributed by atoms with van der Waals surface area (Å²) in [4.78, 5) is -0.694. The van der Waals surface area contributed by atoms with Gasteiger partial charge in [0.25, 0.3) is 0 Å². The minimum atomic E-state index is -4.71. The highest BCUT2D eigenvalue weighted by Gasteiger charge is 2.39. The molecule has 0 aliphatic carbocycles. The van der Waals surface area contributed by atoms with E-state index in [9.17, 15) is 21.6 Å². The van der Waals surface area contributed by atoms with Gasteiger partial charge in [-0.25, -0.2) is 8.42 Å². The smallest absolute Gasteiger partial charge is 0.207 e. The molecule has 21 heavy (non-hydrogen) atoms. The number of halogens is 4. The monoisotopic (exact) mass is 387 g/mol. The van der Waals surface area contributed by atoms with Gasteiger partial charge in [0.15, 0.2) is 0 Å². The van der Waals surface area contributed by atoms with Crippen molar-refractivity contribution < 1.29 is 21.6 Å². The molecule has 0 aliphatic rings. The molecular formula is C13H17BrF3NO2S. The minimum Gasteiger partial charge on any atom is -0.207 e. The first kappa shape index (κ1) is 18.4. The van der Waals surface area contributed by atoms with Crippen molar-refractivity contribution in [1.82, 2.24) is 4.31 Å². The third kappa shape index (κ3) is 4.43. The number of benzene rings is 1. The van der Waals surface area contributed by atoms with Crippen molar-refractivity contribution in [2.75, 3.05) is 11.9 Å². The first-order chi connectivity index (χ1) is 9.62. The van der Waals surface area contributed by atoms with Crippen LogP contribution < -0.4 is 0 Å². The molecule has 0 aromatic heterocycles. The van der Waals surface area contributed by atoms with Gasteiger partial charge in [-0.2, -0.15) is 17.5 Å². The van der Waals surface area contributed by atoms with Gasteiger partial charge in [-0.1, -0.05) is 28.1 Å². The molecule has 8 heteroatoms. The van der Waals surface area contributed by atoms with Gasteiger partial charge in [-0.15, -0.1) is 0 Å². The highest BCUT2D eigenvalue weighted by Crippen LogP contribution is 2.35. The summed E-state index contributed by atoms with van der Waals surface area (Å²) in [6.07, 6.45) is -4.19. The van der Waals surface area contributed by atoms with Gasteiger partial charge in [0, 0.05) is 17.9 Å². The van der Waals surface area contributed by atoms with E-state index in [2.05, 4.69) is 15.9 Å². The molecule has 0 N–H and O–H groups in total. The lowest BCUT2D eigenvalue weighted by molar-refractivity contribution is -0.139. The Kier molecular flexibility index (Phi) is 6.24. The number of sulfonamides is 1. The molecule has 0 fully saturated rings. The van der Waals surface area contributed by atoms with E-state index in [0.29, 0.717) is 11.8 Å². The topological polar surface area (TPSA) is 37.4 Å². The lowest BCUT2D eigenvalue weighted by atomic mass is 10.2. The zero-order chi connectivity index (χ0) is 16.3. The average molecular weight is 388 g/mol. The maximum absolute atomic E-state index is 13.0. The van der Waals surface area contributed by atoms with Gasteiger partial charge in [-0.05, 0) is 32.4 Å². The van der Waals surface area contributed by atoms with Crippen molar-refractivity contribution >= 4 is 26.0 Å². The molecule has 0 bridgehead atoms. The van der Waals surface area contributed by atoms with E-state index in [1.54, 1.807) is 13.8 Å². The number of rotatable bonds is 6. The van der Waals surface area contributed by atoms with Crippen molar-refractivity contribution in [1.29, 1.82) is 0 Å². The second kappa shape index (κ2) is 7.11. The van der Waals surface area contributed by atoms with Gasteiger partial charge < -0.3 is 0 Å². The summed E-state index contributed by atoms with van der Waals surface area (Å²) < 4.78 is 65.2. The standard InChI is InChI=1S/C13H17BrF3NO2S/c1-10(2)18(9-5-8-14)21(19,20)12-7-4-3-6-11(12)13(15,16)17/h3-4,6-7,10H,5,8-9H2,1-2H3. The van der Waals surface area contributed by atoms with Gasteiger partial charge >= 0.3 is 6.18 Å². The number of alkyl halides is 4. The Hall–Kier alpha value is -0.600. The summed E-state index contributed by atoms with van der Waals surface area (Å²) in [5.74, 6) is 0. The molecule has 0 atom stereocenters. The summed E-state index contributed by atoms with van der Waals surface area (Å²) in [7, 11) is -4.19. The molecule has 0 saturated carbocycles. The van der Waals surface area contributed by atoms with Gasteiger partial charge in [0.2, 0.25) is 10.0 Å². The average Bonchev–Trinajstić information content (AvgIpc) is 2.37. The molecule has 0 saturated heterocycles. The van der Waals surface area contributed by atoms with Gasteiger partial charge in [0.1, 0.15) is 0 Å². The summed E-state index contributed by atoms with van der Waals surface area (Å²) >= 11 is 3.19. The lowest BCUT2D eigenvalue weighted by Gasteiger charge is -2.27. The third-order valence-corrected chi connectivity index (χ3v) is 5.56. The predicted molar refractivity (Wildman–Crippen MR) is 78.9 cm³/mol. The highest BCUT2D eigenvalue weighted by atomic mass is 79.9. The molecule has 1 rings (SSSR count). The van der Waals surface area contributed by atoms with Crippen LogP contribution in [-0.4, -0.2) is 30.6 Å². The van der Waals surface area contributed by atoms with Crippen molar-refractivity contribution in [3.05, 3.63) is 29.8 Å². The quantitative estimate of drug-likeness (QED) is 0.694. The molecule has 0 amide bonds. The summed E-state index contributed by atoms with van der Waals surface area (Å²) in [6.45, 7) is 3.45. The molecule has 0 aliphatic heterocycles. The highest BCUT2D eigenvalue weighted by molar-refractivity contribution is 9.09. The molecule has 0 radical (unpaired) electrons. The number of hydrogen-bond donors (Lipinski definition) is 0. The second-order valence-corrected chi connectivity index (χ2v) is 7.40. The van der Waals surface area contributed by atoms with Crippen LogP contribution in [-0.2, 0) is 16.2 Å². The zero-order valence-electron chi connectivity index (χ0n) is 11.7. The summed E-state index contributed by atoms with van der Waals surface area (Å²) in [5, 5.41) is 0.576. The maximum Gasteiger partial charge on any atom is 0.417 e. The Labute approximate surface area is 131 Å². The maximum atomic E-state index is 13.0. The van der Waals surface area contributed by atoms with E-state index >= 15 is 0 Å². The SMILES string of the molecule is CC(C)N(CCCBr)S(=O)(=O)c1ccccc1C(F)(F)F. The summed E-state index contributed by atoms with van der Waals surface area (Å²) in [6, 6.07) is 3.85. The molecule has 1 aromatic rings. The van der Waals surface area contributed by atoms with Crippen LogP contribution in [0.25, 0.3) is 0 Å². The predicted octanol–water partition coefficient (Wildman–Crippen LogP) is 3.89. The first-order valence-electron chi connectivity index (χ1n) is 6.36. The molecule has 0 heterocycles. The van der Waals surface area contributed by atoms with Crippen LogP contribution in [0.3, 0.4) is 0 Å². The number of nitrogens with zero attached hydrogens (tertiary/aromatic N) is 1. The van der Waals surface area contributed by atoms with E-state index < -0.39 is 32.7 Å². The minimum absolute atomic E-state index is 0.164. The number of hydrogen-bond acceptors (Lipinski definition) is 2. The van der Waals surface area contributed by atoms with Crippen molar-refractivity contribution in [3.63, 3.8) is 0 Å². The molecule has 0 unspecified atom stereocenters. The Balaban J connectivity index is 3.36. The van der Waals surface area contributed by atoms with E-state index in [1.807, 2.05) is 0 Å². The molecule has 0 spiro atoms. The van der Waals surface area contributed by atoms with E-state index in [1.165, 1.54) is 12.1 Å². The lowest BCUT2D eigenvalue weighted by Crippen LogP contribution is -2.38. The van der Waals surface area contributed by atoms with E-state index in [-0.39, 0.29) is 6.54 Å². The molecule has 120 valence electrons. The second-order valence-electron chi connectivity index (χ2n) is 4.75. The van der Waals surface area contributed by atoms with Crippen LogP contribution >= 0.6 is 15.9 Å². The normalized spacial score (nSPS) is 13.1. The van der Waals surface area contributed by atoms with Crippen LogP contribution in [0, 0.1) is 0 Å². The Morgan fingerprint density at radius 1 is 1.24 bits per heavy atom. The Morgan fingerprint density at radius 3 is 2.29 bits per heavy atom. The fourth-order valence-corrected chi connectivity index (χ4v) is 4.06. The van der Waals surface area contributed by atoms with Crippen LogP contribution in [0.4, 0.5) is 13.2 Å². The summed E-state index contributed by atoms with van der Waals surface area (Å²) in [5.41, 5.74) is -1.13. The first-order valence-corrected chi connectivity index (χ1v) is 8.92.